The van der Waals surface area contributed by atoms with Crippen molar-refractivity contribution in [2.45, 2.75) is 52.4 Å². The van der Waals surface area contributed by atoms with Gasteiger partial charge in [-0.15, -0.1) is 0 Å². The molecular weight excluding hydrogens is 262 g/mol. The van der Waals surface area contributed by atoms with Gasteiger partial charge in [-0.3, -0.25) is 4.79 Å². The third kappa shape index (κ3) is 4.91. The van der Waals surface area contributed by atoms with Crippen LogP contribution in [-0.2, 0) is 0 Å². The number of Topliss-reactive ketones (excluding diaryl/α,β-unsaturated/α-hetero) is 1. The fraction of sp³-hybridized carbons (Fsp3) is 0.562. The van der Waals surface area contributed by atoms with Crippen molar-refractivity contribution >= 4 is 5.78 Å². The fourth-order valence-corrected chi connectivity index (χ4v) is 1.98. The minimum absolute atomic E-state index is 0.124. The molecule has 0 aliphatic heterocycles. The maximum Gasteiger partial charge on any atom is 0.201 e. The van der Waals surface area contributed by atoms with Gasteiger partial charge in [0.15, 0.2) is 17.3 Å². The normalized spacial score (nSPS) is 10.6. The molecule has 0 amide bonds. The minimum Gasteiger partial charge on any atom is -0.490 e. The van der Waals surface area contributed by atoms with E-state index in [1.54, 1.807) is 0 Å². The van der Waals surface area contributed by atoms with Crippen LogP contribution in [0, 0.1) is 11.6 Å². The zero-order chi connectivity index (χ0) is 15.0. The Morgan fingerprint density at radius 1 is 1.05 bits per heavy atom. The monoisotopic (exact) mass is 284 g/mol. The molecule has 112 valence electrons. The topological polar surface area (TPSA) is 26.3 Å². The van der Waals surface area contributed by atoms with Crippen LogP contribution in [0.1, 0.15) is 62.7 Å². The fourth-order valence-electron chi connectivity index (χ4n) is 1.98. The predicted molar refractivity (Wildman–Crippen MR) is 75.2 cm³/mol. The first kappa shape index (κ1) is 16.6. The van der Waals surface area contributed by atoms with Gasteiger partial charge in [0.1, 0.15) is 0 Å². The van der Waals surface area contributed by atoms with E-state index in [-0.39, 0.29) is 11.3 Å². The summed E-state index contributed by atoms with van der Waals surface area (Å²) in [7, 11) is 0. The molecule has 4 heteroatoms. The second-order valence-electron chi connectivity index (χ2n) is 4.91. The molecule has 0 unspecified atom stereocenters. The molecule has 0 N–H and O–H groups in total. The molecule has 1 rings (SSSR count). The summed E-state index contributed by atoms with van der Waals surface area (Å²) in [6.45, 7) is 3.72. The summed E-state index contributed by atoms with van der Waals surface area (Å²) in [6, 6.07) is 2.57. The lowest BCUT2D eigenvalue weighted by atomic mass is 10.1. The number of benzene rings is 1. The van der Waals surface area contributed by atoms with Crippen LogP contribution in [0.25, 0.3) is 0 Å². The Hall–Kier alpha value is -1.45. The summed E-state index contributed by atoms with van der Waals surface area (Å²) in [6.07, 6.45) is 6.61. The van der Waals surface area contributed by atoms with Crippen molar-refractivity contribution in [1.82, 2.24) is 0 Å². The quantitative estimate of drug-likeness (QED) is 0.476. The average molecular weight is 284 g/mol. The van der Waals surface area contributed by atoms with Gasteiger partial charge in [0, 0.05) is 0 Å². The highest BCUT2D eigenvalue weighted by Crippen LogP contribution is 2.23. The van der Waals surface area contributed by atoms with Gasteiger partial charge in [-0.2, -0.15) is 4.39 Å². The molecule has 0 spiro atoms. The lowest BCUT2D eigenvalue weighted by Gasteiger charge is -2.09. The number of carbonyl (C=O) groups is 1. The zero-order valence-electron chi connectivity index (χ0n) is 12.2. The summed E-state index contributed by atoms with van der Waals surface area (Å²) >= 11 is 0. The van der Waals surface area contributed by atoms with Crippen LogP contribution in [0.2, 0.25) is 0 Å². The zero-order valence-corrected chi connectivity index (χ0v) is 12.2. The second kappa shape index (κ2) is 8.67. The van der Waals surface area contributed by atoms with Crippen molar-refractivity contribution in [2.24, 2.45) is 0 Å². The molecule has 0 bridgehead atoms. The van der Waals surface area contributed by atoms with Crippen LogP contribution in [0.4, 0.5) is 8.78 Å². The molecule has 0 aliphatic rings. The van der Waals surface area contributed by atoms with Gasteiger partial charge in [-0.25, -0.2) is 4.39 Å². The largest absolute Gasteiger partial charge is 0.490 e. The van der Waals surface area contributed by atoms with Gasteiger partial charge in [0.25, 0.3) is 0 Å². The summed E-state index contributed by atoms with van der Waals surface area (Å²) in [5.74, 6) is -2.83. The van der Waals surface area contributed by atoms with Gasteiger partial charge in [-0.05, 0) is 25.5 Å². The van der Waals surface area contributed by atoms with Gasteiger partial charge in [0.2, 0.25) is 5.82 Å². The van der Waals surface area contributed by atoms with Gasteiger partial charge >= 0.3 is 0 Å². The number of hydrogen-bond donors (Lipinski definition) is 0. The smallest absolute Gasteiger partial charge is 0.201 e. The van der Waals surface area contributed by atoms with Crippen molar-refractivity contribution in [2.75, 3.05) is 6.61 Å². The number of carbonyl (C=O) groups excluding carboxylic acids is 1. The van der Waals surface area contributed by atoms with Crippen molar-refractivity contribution < 1.29 is 18.3 Å². The molecule has 0 aromatic heterocycles. The van der Waals surface area contributed by atoms with E-state index >= 15 is 0 Å². The molecule has 0 saturated carbocycles. The van der Waals surface area contributed by atoms with Crippen molar-refractivity contribution in [3.63, 3.8) is 0 Å². The number of rotatable bonds is 9. The third-order valence-electron chi connectivity index (χ3n) is 3.18. The van der Waals surface area contributed by atoms with E-state index in [1.165, 1.54) is 38.3 Å². The number of unbranched alkanes of at least 4 members (excludes halogenated alkanes) is 5. The lowest BCUT2D eigenvalue weighted by molar-refractivity contribution is 0.101. The summed E-state index contributed by atoms with van der Waals surface area (Å²) < 4.78 is 32.4. The van der Waals surface area contributed by atoms with E-state index in [1.807, 2.05) is 0 Å². The molecule has 1 aromatic carbocycles. The second-order valence-corrected chi connectivity index (χ2v) is 4.91. The van der Waals surface area contributed by atoms with Crippen LogP contribution in [0.3, 0.4) is 0 Å². The van der Waals surface area contributed by atoms with Crippen LogP contribution in [-0.4, -0.2) is 12.4 Å². The Kier molecular flexibility index (Phi) is 7.20. The van der Waals surface area contributed by atoms with E-state index in [2.05, 4.69) is 6.92 Å². The van der Waals surface area contributed by atoms with Gasteiger partial charge < -0.3 is 4.74 Å². The van der Waals surface area contributed by atoms with Crippen LogP contribution in [0.5, 0.6) is 5.75 Å². The summed E-state index contributed by atoms with van der Waals surface area (Å²) in [5, 5.41) is 0. The van der Waals surface area contributed by atoms with E-state index in [9.17, 15) is 13.6 Å². The Balaban J connectivity index is 2.41. The van der Waals surface area contributed by atoms with Gasteiger partial charge in [-0.1, -0.05) is 39.0 Å². The molecule has 0 aliphatic carbocycles. The Bertz CT molecular complexity index is 444. The summed E-state index contributed by atoms with van der Waals surface area (Å²) in [4.78, 5) is 11.1. The van der Waals surface area contributed by atoms with E-state index in [0.717, 1.165) is 19.3 Å². The molecule has 0 fully saturated rings. The highest BCUT2D eigenvalue weighted by Gasteiger charge is 2.16. The maximum atomic E-state index is 13.6. The highest BCUT2D eigenvalue weighted by atomic mass is 19.2. The van der Waals surface area contributed by atoms with Crippen molar-refractivity contribution in [3.05, 3.63) is 29.3 Å². The SMILES string of the molecule is CCCCCCCCOc1ccc(C(C)=O)c(F)c1F. The van der Waals surface area contributed by atoms with E-state index in [0.29, 0.717) is 6.61 Å². The molecule has 0 saturated heterocycles. The lowest BCUT2D eigenvalue weighted by Crippen LogP contribution is -2.05. The molecule has 2 nitrogen and oxygen atoms in total. The molecular formula is C16H22F2O2. The minimum atomic E-state index is -1.13. The first-order valence-corrected chi connectivity index (χ1v) is 7.19. The van der Waals surface area contributed by atoms with E-state index < -0.39 is 17.4 Å². The first-order chi connectivity index (χ1) is 9.57. The maximum absolute atomic E-state index is 13.6. The van der Waals surface area contributed by atoms with Crippen molar-refractivity contribution in [1.29, 1.82) is 0 Å². The average Bonchev–Trinajstić information content (AvgIpc) is 2.42. The summed E-state index contributed by atoms with van der Waals surface area (Å²) in [5.41, 5.74) is -0.241. The number of hydrogen-bond acceptors (Lipinski definition) is 2. The highest BCUT2D eigenvalue weighted by molar-refractivity contribution is 5.94. The Morgan fingerprint density at radius 3 is 2.35 bits per heavy atom. The van der Waals surface area contributed by atoms with Crippen LogP contribution in [0.15, 0.2) is 12.1 Å². The van der Waals surface area contributed by atoms with Crippen LogP contribution >= 0.6 is 0 Å². The van der Waals surface area contributed by atoms with Crippen molar-refractivity contribution in [3.8, 4) is 5.75 Å². The predicted octanol–water partition coefficient (Wildman–Crippen LogP) is 4.91. The standard InChI is InChI=1S/C16H22F2O2/c1-3-4-5-6-7-8-11-20-14-10-9-13(12(2)19)15(17)16(14)18/h9-10H,3-8,11H2,1-2H3. The number of halogens is 2. The van der Waals surface area contributed by atoms with Crippen LogP contribution < -0.4 is 4.74 Å². The Morgan fingerprint density at radius 2 is 1.70 bits per heavy atom. The molecule has 1 aromatic rings. The molecule has 0 radical (unpaired) electrons. The number of ether oxygens (including phenoxy) is 1. The first-order valence-electron chi connectivity index (χ1n) is 7.19. The molecule has 20 heavy (non-hydrogen) atoms. The molecule has 0 atom stereocenters. The van der Waals surface area contributed by atoms with Gasteiger partial charge in [0.05, 0.1) is 12.2 Å². The number of ketones is 1. The Labute approximate surface area is 119 Å². The third-order valence-corrected chi connectivity index (χ3v) is 3.18. The van der Waals surface area contributed by atoms with E-state index in [4.69, 9.17) is 4.74 Å². The molecule has 0 heterocycles.